The lowest BCUT2D eigenvalue weighted by atomic mass is 10.2. The Labute approximate surface area is 74.0 Å². The van der Waals surface area contributed by atoms with Crippen LogP contribution in [0.15, 0.2) is 5.38 Å². The van der Waals surface area contributed by atoms with Gasteiger partial charge in [0.15, 0.2) is 0 Å². The Morgan fingerprint density at radius 2 is 2.58 bits per heavy atom. The van der Waals surface area contributed by atoms with E-state index in [0.717, 1.165) is 10.7 Å². The van der Waals surface area contributed by atoms with E-state index in [9.17, 15) is 9.90 Å². The van der Waals surface area contributed by atoms with Gasteiger partial charge in [0.2, 0.25) is 0 Å². The third-order valence-corrected chi connectivity index (χ3v) is 2.28. The van der Waals surface area contributed by atoms with Crippen LogP contribution in [0.3, 0.4) is 0 Å². The zero-order chi connectivity index (χ0) is 9.14. The first kappa shape index (κ1) is 9.15. The minimum Gasteiger partial charge on any atom is -0.544 e. The molecular weight excluding hydrogens is 176 g/mol. The zero-order valence-corrected chi connectivity index (χ0v) is 7.56. The van der Waals surface area contributed by atoms with Crippen LogP contribution in [0.2, 0.25) is 0 Å². The van der Waals surface area contributed by atoms with Gasteiger partial charge in [-0.1, -0.05) is 0 Å². The van der Waals surface area contributed by atoms with Gasteiger partial charge in [0.05, 0.1) is 16.7 Å². The van der Waals surface area contributed by atoms with E-state index in [0.29, 0.717) is 6.42 Å². The number of hydrogen-bond donors (Lipinski definition) is 1. The van der Waals surface area contributed by atoms with Crippen molar-refractivity contribution in [1.29, 1.82) is 0 Å². The van der Waals surface area contributed by atoms with Crippen LogP contribution in [0, 0.1) is 6.92 Å². The smallest absolute Gasteiger partial charge is 0.130 e. The number of carbonyl (C=O) groups is 1. The van der Waals surface area contributed by atoms with E-state index in [1.807, 2.05) is 12.3 Å². The molecule has 1 atom stereocenters. The van der Waals surface area contributed by atoms with Gasteiger partial charge in [-0.15, -0.1) is 11.3 Å². The first-order chi connectivity index (χ1) is 5.59. The highest BCUT2D eigenvalue weighted by Gasteiger charge is 2.10. The second kappa shape index (κ2) is 3.64. The van der Waals surface area contributed by atoms with Gasteiger partial charge in [0, 0.05) is 11.8 Å². The minimum absolute atomic E-state index is 0.354. The van der Waals surface area contributed by atoms with Gasteiger partial charge in [-0.25, -0.2) is 4.98 Å². The fourth-order valence-electron chi connectivity index (χ4n) is 0.838. The van der Waals surface area contributed by atoms with Crippen LogP contribution in [0.5, 0.6) is 0 Å². The molecule has 3 N–H and O–H groups in total. The van der Waals surface area contributed by atoms with Crippen LogP contribution in [-0.2, 0) is 11.2 Å². The van der Waals surface area contributed by atoms with Crippen LogP contribution in [-0.4, -0.2) is 17.0 Å². The Morgan fingerprint density at radius 3 is 3.00 bits per heavy atom. The Morgan fingerprint density at radius 1 is 1.92 bits per heavy atom. The van der Waals surface area contributed by atoms with Crippen molar-refractivity contribution in [2.75, 3.05) is 0 Å². The van der Waals surface area contributed by atoms with Crippen LogP contribution < -0.4 is 10.8 Å². The van der Waals surface area contributed by atoms with Crippen molar-refractivity contribution in [3.63, 3.8) is 0 Å². The number of nitrogens with zero attached hydrogens (tertiary/aromatic N) is 1. The molecule has 1 aromatic rings. The molecule has 0 bridgehead atoms. The summed E-state index contributed by atoms with van der Waals surface area (Å²) in [5.41, 5.74) is 4.22. The molecule has 0 aliphatic rings. The van der Waals surface area contributed by atoms with Crippen molar-refractivity contribution in [3.05, 3.63) is 16.1 Å². The molecule has 0 saturated carbocycles. The molecule has 4 nitrogen and oxygen atoms in total. The van der Waals surface area contributed by atoms with Crippen molar-refractivity contribution in [3.8, 4) is 0 Å². The number of thiazole rings is 1. The number of rotatable bonds is 3. The predicted molar refractivity (Wildman–Crippen MR) is 42.2 cm³/mol. The lowest BCUT2D eigenvalue weighted by molar-refractivity contribution is -0.437. The molecule has 0 aliphatic carbocycles. The topological polar surface area (TPSA) is 80.7 Å². The van der Waals surface area contributed by atoms with Crippen molar-refractivity contribution in [2.24, 2.45) is 0 Å². The SMILES string of the molecule is Cc1nc(C[C@H]([NH3+])C(=O)[O-])cs1. The molecule has 0 aliphatic heterocycles. The van der Waals surface area contributed by atoms with Crippen molar-refractivity contribution >= 4 is 17.3 Å². The van der Waals surface area contributed by atoms with Crippen LogP contribution >= 0.6 is 11.3 Å². The highest BCUT2D eigenvalue weighted by atomic mass is 32.1. The Kier molecular flexibility index (Phi) is 2.78. The fourth-order valence-corrected chi connectivity index (χ4v) is 1.46. The quantitative estimate of drug-likeness (QED) is 0.614. The second-order valence-electron chi connectivity index (χ2n) is 2.58. The molecule has 0 unspecified atom stereocenters. The summed E-state index contributed by atoms with van der Waals surface area (Å²) < 4.78 is 0. The Balaban J connectivity index is 2.58. The summed E-state index contributed by atoms with van der Waals surface area (Å²) >= 11 is 1.51. The zero-order valence-electron chi connectivity index (χ0n) is 6.74. The molecule has 0 aromatic carbocycles. The number of aliphatic carboxylic acids is 1. The minimum atomic E-state index is -1.12. The van der Waals surface area contributed by atoms with Crippen LogP contribution in [0.1, 0.15) is 10.7 Å². The van der Waals surface area contributed by atoms with Crippen LogP contribution in [0.25, 0.3) is 0 Å². The summed E-state index contributed by atoms with van der Waals surface area (Å²) in [6.07, 6.45) is 0.354. The maximum Gasteiger partial charge on any atom is 0.130 e. The number of hydrogen-bond acceptors (Lipinski definition) is 4. The molecule has 0 radical (unpaired) electrons. The lowest BCUT2D eigenvalue weighted by Gasteiger charge is -2.06. The molecule has 0 spiro atoms. The normalized spacial score (nSPS) is 12.8. The van der Waals surface area contributed by atoms with Gasteiger partial charge in [0.25, 0.3) is 0 Å². The summed E-state index contributed by atoms with van der Waals surface area (Å²) in [6.45, 7) is 1.88. The average molecular weight is 186 g/mol. The average Bonchev–Trinajstić information content (AvgIpc) is 2.35. The second-order valence-corrected chi connectivity index (χ2v) is 3.64. The molecule has 0 amide bonds. The summed E-state index contributed by atoms with van der Waals surface area (Å²) in [4.78, 5) is 14.4. The summed E-state index contributed by atoms with van der Waals surface area (Å²) in [6, 6.07) is -0.702. The third-order valence-electron chi connectivity index (χ3n) is 1.46. The van der Waals surface area contributed by atoms with E-state index < -0.39 is 12.0 Å². The number of aryl methyl sites for hydroxylation is 1. The standard InChI is InChI=1S/C7H10N2O2S/c1-4-9-5(3-12-4)2-6(8)7(10)11/h3,6H,2,8H2,1H3,(H,10,11)/t6-/m0/s1. The lowest BCUT2D eigenvalue weighted by Crippen LogP contribution is -2.69. The number of carboxylic acid groups (broad SMARTS) is 1. The molecule has 12 heavy (non-hydrogen) atoms. The van der Waals surface area contributed by atoms with Crippen molar-refractivity contribution < 1.29 is 15.6 Å². The first-order valence-corrected chi connectivity index (χ1v) is 4.42. The monoisotopic (exact) mass is 186 g/mol. The van der Waals surface area contributed by atoms with Crippen molar-refractivity contribution in [1.82, 2.24) is 4.98 Å². The van der Waals surface area contributed by atoms with E-state index in [-0.39, 0.29) is 0 Å². The van der Waals surface area contributed by atoms with E-state index in [1.54, 1.807) is 0 Å². The van der Waals surface area contributed by atoms with Crippen LogP contribution in [0.4, 0.5) is 0 Å². The van der Waals surface area contributed by atoms with E-state index in [4.69, 9.17) is 0 Å². The van der Waals surface area contributed by atoms with Gasteiger partial charge >= 0.3 is 0 Å². The van der Waals surface area contributed by atoms with E-state index in [1.165, 1.54) is 11.3 Å². The third kappa shape index (κ3) is 2.28. The number of quaternary nitrogens is 1. The number of carboxylic acids is 1. The molecule has 1 rings (SSSR count). The van der Waals surface area contributed by atoms with Crippen molar-refractivity contribution in [2.45, 2.75) is 19.4 Å². The predicted octanol–water partition coefficient (Wildman–Crippen LogP) is -1.65. The number of carbonyl (C=O) groups excluding carboxylic acids is 1. The highest BCUT2D eigenvalue weighted by Crippen LogP contribution is 2.08. The molecular formula is C7H10N2O2S. The van der Waals surface area contributed by atoms with Gasteiger partial charge in [-0.05, 0) is 6.92 Å². The van der Waals surface area contributed by atoms with Gasteiger partial charge in [-0.3, -0.25) is 0 Å². The highest BCUT2D eigenvalue weighted by molar-refractivity contribution is 7.09. The maximum absolute atomic E-state index is 10.3. The molecule has 5 heteroatoms. The molecule has 1 heterocycles. The largest absolute Gasteiger partial charge is 0.544 e. The van der Waals surface area contributed by atoms with E-state index in [2.05, 4.69) is 10.7 Å². The molecule has 0 fully saturated rings. The first-order valence-electron chi connectivity index (χ1n) is 3.54. The summed E-state index contributed by atoms with van der Waals surface area (Å²) in [7, 11) is 0. The molecule has 1 aromatic heterocycles. The van der Waals surface area contributed by atoms with Gasteiger partial charge < -0.3 is 15.6 Å². The maximum atomic E-state index is 10.3. The van der Waals surface area contributed by atoms with Gasteiger partial charge in [-0.2, -0.15) is 0 Å². The molecule has 66 valence electrons. The summed E-state index contributed by atoms with van der Waals surface area (Å²) in [5, 5.41) is 13.1. The fraction of sp³-hybridized carbons (Fsp3) is 0.429. The van der Waals surface area contributed by atoms with E-state index >= 15 is 0 Å². The Bertz CT molecular complexity index is 285. The Hall–Kier alpha value is -0.940. The number of aromatic nitrogens is 1. The summed E-state index contributed by atoms with van der Waals surface area (Å²) in [5.74, 6) is -1.12. The van der Waals surface area contributed by atoms with Gasteiger partial charge in [0.1, 0.15) is 6.04 Å². The molecule has 0 saturated heterocycles.